The van der Waals surface area contributed by atoms with Gasteiger partial charge < -0.3 is 4.74 Å². The minimum absolute atomic E-state index is 0.263. The molecule has 17 heavy (non-hydrogen) atoms. The predicted molar refractivity (Wildman–Crippen MR) is 63.8 cm³/mol. The number of azide groups is 1. The van der Waals surface area contributed by atoms with Crippen LogP contribution in [0, 0.1) is 0 Å². The number of hydrogen-bond donors (Lipinski definition) is 0. The van der Waals surface area contributed by atoms with Gasteiger partial charge in [-0.2, -0.15) is 0 Å². The Bertz CT molecular complexity index is 453. The molecule has 0 amide bonds. The van der Waals surface area contributed by atoms with E-state index in [9.17, 15) is 4.79 Å². The van der Waals surface area contributed by atoms with Gasteiger partial charge in [0.15, 0.2) is 6.23 Å². The van der Waals surface area contributed by atoms with E-state index in [1.54, 1.807) is 50.2 Å². The molecule has 6 nitrogen and oxygen atoms in total. The lowest BCUT2D eigenvalue weighted by Crippen LogP contribution is -2.29. The molecule has 90 valence electrons. The summed E-state index contributed by atoms with van der Waals surface area (Å²) < 4.78 is 5.19. The zero-order chi connectivity index (χ0) is 12.8. The lowest BCUT2D eigenvalue weighted by atomic mass is 10.2. The molecule has 1 aromatic carbocycles. The highest BCUT2D eigenvalue weighted by Crippen LogP contribution is 2.20. The molecular weight excluding hydrogens is 220 g/mol. The van der Waals surface area contributed by atoms with Crippen LogP contribution in [0.4, 0.5) is 5.69 Å². The Morgan fingerprint density at radius 3 is 2.71 bits per heavy atom. The van der Waals surface area contributed by atoms with Gasteiger partial charge in [-0.25, -0.2) is 4.79 Å². The molecule has 0 aromatic heterocycles. The van der Waals surface area contributed by atoms with Gasteiger partial charge in [0.2, 0.25) is 0 Å². The second-order valence-electron chi connectivity index (χ2n) is 3.67. The fraction of sp³-hybridized carbons (Fsp3) is 0.364. The fourth-order valence-electron chi connectivity index (χ4n) is 1.11. The number of rotatable bonds is 4. The first-order valence-electron chi connectivity index (χ1n) is 5.07. The number of ether oxygens (including phenoxy) is 1. The number of esters is 1. The van der Waals surface area contributed by atoms with Gasteiger partial charge in [0.1, 0.15) is 0 Å². The van der Waals surface area contributed by atoms with E-state index in [-0.39, 0.29) is 17.5 Å². The Labute approximate surface area is 99.4 Å². The van der Waals surface area contributed by atoms with Crippen molar-refractivity contribution < 1.29 is 9.53 Å². The molecule has 0 saturated carbocycles. The van der Waals surface area contributed by atoms with Gasteiger partial charge in [-0.15, -0.1) is 0 Å². The van der Waals surface area contributed by atoms with Crippen LogP contribution in [0.25, 0.3) is 10.4 Å². The molecule has 1 unspecified atom stereocenters. The highest BCUT2D eigenvalue weighted by molar-refractivity contribution is 5.94. The highest BCUT2D eigenvalue weighted by Gasteiger charge is 2.15. The summed E-state index contributed by atoms with van der Waals surface area (Å²) in [5.41, 5.74) is 8.93. The van der Waals surface area contributed by atoms with E-state index in [1.807, 2.05) is 0 Å². The first-order valence-corrected chi connectivity index (χ1v) is 5.07. The van der Waals surface area contributed by atoms with Gasteiger partial charge in [-0.05, 0) is 32.6 Å². The molecular formula is C11H14N4O2. The van der Waals surface area contributed by atoms with Crippen molar-refractivity contribution in [3.63, 3.8) is 0 Å². The van der Waals surface area contributed by atoms with Crippen molar-refractivity contribution in [1.82, 2.24) is 4.90 Å². The van der Waals surface area contributed by atoms with Crippen molar-refractivity contribution >= 4 is 11.7 Å². The maximum absolute atomic E-state index is 11.8. The van der Waals surface area contributed by atoms with Crippen LogP contribution in [-0.2, 0) is 4.74 Å². The standard InChI is InChI=1S/C11H14N4O2/c1-8(15(2)3)17-11(16)9-6-4-5-7-10(9)13-14-12/h4-8H,1-3H3. The van der Waals surface area contributed by atoms with Crippen LogP contribution in [0.1, 0.15) is 17.3 Å². The number of carbonyl (C=O) groups excluding carboxylic acids is 1. The lowest BCUT2D eigenvalue weighted by Gasteiger charge is -2.20. The summed E-state index contributed by atoms with van der Waals surface area (Å²) in [7, 11) is 3.61. The van der Waals surface area contributed by atoms with Gasteiger partial charge in [-0.1, -0.05) is 23.3 Å². The maximum atomic E-state index is 11.8. The Hall–Kier alpha value is -2.04. The smallest absolute Gasteiger partial charge is 0.340 e. The molecule has 0 N–H and O–H groups in total. The maximum Gasteiger partial charge on any atom is 0.340 e. The topological polar surface area (TPSA) is 78.3 Å². The van der Waals surface area contributed by atoms with Crippen LogP contribution < -0.4 is 0 Å². The molecule has 0 heterocycles. The monoisotopic (exact) mass is 234 g/mol. The van der Waals surface area contributed by atoms with Gasteiger partial charge in [-0.3, -0.25) is 4.90 Å². The van der Waals surface area contributed by atoms with E-state index in [1.165, 1.54) is 0 Å². The summed E-state index contributed by atoms with van der Waals surface area (Å²) >= 11 is 0. The summed E-state index contributed by atoms with van der Waals surface area (Å²) in [6, 6.07) is 6.51. The summed E-state index contributed by atoms with van der Waals surface area (Å²) in [6.07, 6.45) is -0.346. The normalized spacial score (nSPS) is 11.8. The number of carbonyl (C=O) groups is 1. The second kappa shape index (κ2) is 5.89. The van der Waals surface area contributed by atoms with Gasteiger partial charge >= 0.3 is 5.97 Å². The third kappa shape index (κ3) is 3.48. The van der Waals surface area contributed by atoms with Crippen LogP contribution >= 0.6 is 0 Å². The van der Waals surface area contributed by atoms with Crippen LogP contribution in [0.15, 0.2) is 29.4 Å². The lowest BCUT2D eigenvalue weighted by molar-refractivity contribution is -0.00537. The second-order valence-corrected chi connectivity index (χ2v) is 3.67. The van der Waals surface area contributed by atoms with E-state index >= 15 is 0 Å². The quantitative estimate of drug-likeness (QED) is 0.264. The molecule has 1 aromatic rings. The molecule has 0 aliphatic carbocycles. The first kappa shape index (κ1) is 13.0. The van der Waals surface area contributed by atoms with Crippen LogP contribution in [0.5, 0.6) is 0 Å². The minimum Gasteiger partial charge on any atom is -0.443 e. The summed E-state index contributed by atoms with van der Waals surface area (Å²) in [5, 5.41) is 3.45. The molecule has 0 aliphatic rings. The Morgan fingerprint density at radius 1 is 1.47 bits per heavy atom. The number of hydrogen-bond acceptors (Lipinski definition) is 4. The van der Waals surface area contributed by atoms with Crippen molar-refractivity contribution in [2.75, 3.05) is 14.1 Å². The van der Waals surface area contributed by atoms with Crippen LogP contribution in [0.2, 0.25) is 0 Å². The van der Waals surface area contributed by atoms with Crippen LogP contribution in [-0.4, -0.2) is 31.2 Å². The SMILES string of the molecule is CC(OC(=O)c1ccccc1N=[N+]=[N-])N(C)C. The van der Waals surface area contributed by atoms with Gasteiger partial charge in [0.05, 0.1) is 11.3 Å². The minimum atomic E-state index is -0.505. The van der Waals surface area contributed by atoms with Crippen molar-refractivity contribution in [2.24, 2.45) is 5.11 Å². The van der Waals surface area contributed by atoms with E-state index in [0.717, 1.165) is 0 Å². The Balaban J connectivity index is 2.92. The first-order chi connectivity index (χ1) is 8.06. The predicted octanol–water partition coefficient (Wildman–Crippen LogP) is 2.69. The molecule has 0 spiro atoms. The van der Waals surface area contributed by atoms with Gasteiger partial charge in [0, 0.05) is 4.91 Å². The molecule has 0 bridgehead atoms. The van der Waals surface area contributed by atoms with E-state index < -0.39 is 5.97 Å². The Morgan fingerprint density at radius 2 is 2.12 bits per heavy atom. The zero-order valence-electron chi connectivity index (χ0n) is 9.99. The molecule has 1 rings (SSSR count). The molecule has 0 saturated heterocycles. The van der Waals surface area contributed by atoms with Crippen molar-refractivity contribution in [2.45, 2.75) is 13.2 Å². The number of benzene rings is 1. The summed E-state index contributed by atoms with van der Waals surface area (Å²) in [5.74, 6) is -0.505. The Kier molecular flexibility index (Phi) is 4.51. The van der Waals surface area contributed by atoms with Crippen LogP contribution in [0.3, 0.4) is 0 Å². The summed E-state index contributed by atoms with van der Waals surface area (Å²) in [6.45, 7) is 1.76. The molecule has 1 atom stereocenters. The van der Waals surface area contributed by atoms with Crippen molar-refractivity contribution in [3.8, 4) is 0 Å². The summed E-state index contributed by atoms with van der Waals surface area (Å²) in [4.78, 5) is 16.3. The molecule has 0 radical (unpaired) electrons. The zero-order valence-corrected chi connectivity index (χ0v) is 9.99. The molecule has 0 aliphatic heterocycles. The highest BCUT2D eigenvalue weighted by atomic mass is 16.6. The average molecular weight is 234 g/mol. The number of nitrogens with zero attached hydrogens (tertiary/aromatic N) is 4. The third-order valence-corrected chi connectivity index (χ3v) is 2.28. The van der Waals surface area contributed by atoms with E-state index in [2.05, 4.69) is 10.0 Å². The fourth-order valence-corrected chi connectivity index (χ4v) is 1.11. The van der Waals surface area contributed by atoms with Gasteiger partial charge in [0.25, 0.3) is 0 Å². The van der Waals surface area contributed by atoms with Crippen molar-refractivity contribution in [3.05, 3.63) is 40.3 Å². The average Bonchev–Trinajstić information content (AvgIpc) is 2.29. The third-order valence-electron chi connectivity index (χ3n) is 2.28. The van der Waals surface area contributed by atoms with E-state index in [4.69, 9.17) is 10.3 Å². The van der Waals surface area contributed by atoms with E-state index in [0.29, 0.717) is 0 Å². The molecule has 0 fully saturated rings. The van der Waals surface area contributed by atoms with Crippen molar-refractivity contribution in [1.29, 1.82) is 0 Å². The molecule has 6 heteroatoms. The largest absolute Gasteiger partial charge is 0.443 e.